The molecule has 0 fully saturated rings. The first-order chi connectivity index (χ1) is 8.04. The molecular weight excluding hydrogens is 234 g/mol. The standard InChI is InChI=1S/C13H19NO2S/c1-3-4-5-11(13(15)16)17-12-8-9(2)6-7-10(12)14/h6-8,11H,3-5,14H2,1-2H3,(H,15,16). The van der Waals surface area contributed by atoms with Crippen molar-refractivity contribution in [1.29, 1.82) is 0 Å². The molecule has 0 aliphatic heterocycles. The molecule has 0 radical (unpaired) electrons. The second kappa shape index (κ2) is 6.55. The van der Waals surface area contributed by atoms with Gasteiger partial charge in [0.2, 0.25) is 0 Å². The molecule has 0 bridgehead atoms. The summed E-state index contributed by atoms with van der Waals surface area (Å²) in [7, 11) is 0. The lowest BCUT2D eigenvalue weighted by Crippen LogP contribution is -2.16. The van der Waals surface area contributed by atoms with E-state index in [0.29, 0.717) is 12.1 Å². The Hall–Kier alpha value is -1.16. The summed E-state index contributed by atoms with van der Waals surface area (Å²) < 4.78 is 0. The van der Waals surface area contributed by atoms with Gasteiger partial charge in [0, 0.05) is 10.6 Å². The van der Waals surface area contributed by atoms with Gasteiger partial charge in [-0.1, -0.05) is 25.8 Å². The lowest BCUT2D eigenvalue weighted by Gasteiger charge is -2.13. The van der Waals surface area contributed by atoms with Crippen molar-refractivity contribution in [3.8, 4) is 0 Å². The number of thioether (sulfide) groups is 1. The molecule has 0 aliphatic carbocycles. The van der Waals surface area contributed by atoms with Gasteiger partial charge in [-0.3, -0.25) is 4.79 Å². The van der Waals surface area contributed by atoms with Crippen LogP contribution in [0.4, 0.5) is 5.69 Å². The number of hydrogen-bond donors (Lipinski definition) is 2. The van der Waals surface area contributed by atoms with E-state index in [1.807, 2.05) is 25.1 Å². The Morgan fingerprint density at radius 1 is 1.53 bits per heavy atom. The van der Waals surface area contributed by atoms with Gasteiger partial charge in [-0.25, -0.2) is 0 Å². The van der Waals surface area contributed by atoms with Crippen molar-refractivity contribution >= 4 is 23.4 Å². The van der Waals surface area contributed by atoms with E-state index >= 15 is 0 Å². The third-order valence-electron chi connectivity index (χ3n) is 2.53. The van der Waals surface area contributed by atoms with Crippen LogP contribution in [0.25, 0.3) is 0 Å². The van der Waals surface area contributed by atoms with Crippen molar-refractivity contribution in [2.24, 2.45) is 0 Å². The van der Waals surface area contributed by atoms with Crippen LogP contribution < -0.4 is 5.73 Å². The van der Waals surface area contributed by atoms with E-state index in [1.165, 1.54) is 11.8 Å². The highest BCUT2D eigenvalue weighted by Crippen LogP contribution is 2.32. The Labute approximate surface area is 106 Å². The molecule has 1 aromatic carbocycles. The molecule has 0 saturated heterocycles. The van der Waals surface area contributed by atoms with Gasteiger partial charge in [0.25, 0.3) is 0 Å². The molecule has 1 rings (SSSR count). The summed E-state index contributed by atoms with van der Waals surface area (Å²) in [6.45, 7) is 4.04. The minimum atomic E-state index is -0.760. The fraction of sp³-hybridized carbons (Fsp3) is 0.462. The third-order valence-corrected chi connectivity index (χ3v) is 3.86. The number of anilines is 1. The molecule has 3 N–H and O–H groups in total. The predicted octanol–water partition coefficient (Wildman–Crippen LogP) is 3.31. The van der Waals surface area contributed by atoms with E-state index in [0.717, 1.165) is 23.3 Å². The number of aliphatic carboxylic acids is 1. The van der Waals surface area contributed by atoms with Crippen molar-refractivity contribution < 1.29 is 9.90 Å². The Morgan fingerprint density at radius 2 is 2.24 bits per heavy atom. The van der Waals surface area contributed by atoms with Crippen LogP contribution in [0.3, 0.4) is 0 Å². The highest BCUT2D eigenvalue weighted by Gasteiger charge is 2.19. The number of unbranched alkanes of at least 4 members (excludes halogenated alkanes) is 1. The maximum atomic E-state index is 11.1. The fourth-order valence-electron chi connectivity index (χ4n) is 1.52. The van der Waals surface area contributed by atoms with Crippen LogP contribution in [0.5, 0.6) is 0 Å². The summed E-state index contributed by atoms with van der Waals surface area (Å²) in [6, 6.07) is 5.71. The van der Waals surface area contributed by atoms with E-state index < -0.39 is 11.2 Å². The second-order valence-corrected chi connectivity index (χ2v) is 5.37. The molecular formula is C13H19NO2S. The second-order valence-electron chi connectivity index (χ2n) is 4.13. The van der Waals surface area contributed by atoms with Gasteiger partial charge in [0.1, 0.15) is 5.25 Å². The van der Waals surface area contributed by atoms with Gasteiger partial charge >= 0.3 is 5.97 Å². The van der Waals surface area contributed by atoms with Gasteiger partial charge in [-0.2, -0.15) is 0 Å². The normalized spacial score (nSPS) is 12.4. The average molecular weight is 253 g/mol. The molecule has 1 aromatic rings. The van der Waals surface area contributed by atoms with Gasteiger partial charge in [-0.05, 0) is 31.0 Å². The highest BCUT2D eigenvalue weighted by molar-refractivity contribution is 8.00. The average Bonchev–Trinajstić information content (AvgIpc) is 2.28. The number of benzene rings is 1. The largest absolute Gasteiger partial charge is 0.480 e. The number of rotatable bonds is 6. The molecule has 0 spiro atoms. The van der Waals surface area contributed by atoms with E-state index in [-0.39, 0.29) is 0 Å². The van der Waals surface area contributed by atoms with Crippen molar-refractivity contribution in [1.82, 2.24) is 0 Å². The van der Waals surface area contributed by atoms with Gasteiger partial charge in [0.05, 0.1) is 0 Å². The quantitative estimate of drug-likeness (QED) is 0.603. The zero-order valence-corrected chi connectivity index (χ0v) is 11.1. The predicted molar refractivity (Wildman–Crippen MR) is 72.4 cm³/mol. The molecule has 0 amide bonds. The first kappa shape index (κ1) is 13.9. The van der Waals surface area contributed by atoms with Gasteiger partial charge in [-0.15, -0.1) is 11.8 Å². The van der Waals surface area contributed by atoms with Crippen LogP contribution in [0.1, 0.15) is 31.7 Å². The first-order valence-electron chi connectivity index (χ1n) is 5.80. The van der Waals surface area contributed by atoms with Crippen molar-refractivity contribution in [2.75, 3.05) is 5.73 Å². The summed E-state index contributed by atoms with van der Waals surface area (Å²) in [6.07, 6.45) is 2.62. The number of carbonyl (C=O) groups is 1. The van der Waals surface area contributed by atoms with E-state index in [2.05, 4.69) is 6.92 Å². The van der Waals surface area contributed by atoms with E-state index in [1.54, 1.807) is 0 Å². The molecule has 3 nitrogen and oxygen atoms in total. The van der Waals surface area contributed by atoms with Crippen molar-refractivity contribution in [2.45, 2.75) is 43.3 Å². The van der Waals surface area contributed by atoms with Crippen LogP contribution in [0.2, 0.25) is 0 Å². The summed E-state index contributed by atoms with van der Waals surface area (Å²) in [5.41, 5.74) is 7.61. The zero-order chi connectivity index (χ0) is 12.8. The summed E-state index contributed by atoms with van der Waals surface area (Å²) in [4.78, 5) is 12.0. The molecule has 17 heavy (non-hydrogen) atoms. The lowest BCUT2D eigenvalue weighted by molar-refractivity contribution is -0.136. The SMILES string of the molecule is CCCCC(Sc1cc(C)ccc1N)C(=O)O. The monoisotopic (exact) mass is 253 g/mol. The Kier molecular flexibility index (Phi) is 5.35. The van der Waals surface area contributed by atoms with Crippen molar-refractivity contribution in [3.05, 3.63) is 23.8 Å². The molecule has 0 aromatic heterocycles. The number of hydrogen-bond acceptors (Lipinski definition) is 3. The molecule has 94 valence electrons. The maximum absolute atomic E-state index is 11.1. The molecule has 1 unspecified atom stereocenters. The number of aryl methyl sites for hydroxylation is 1. The van der Waals surface area contributed by atoms with Gasteiger partial charge in [0.15, 0.2) is 0 Å². The van der Waals surface area contributed by atoms with E-state index in [4.69, 9.17) is 10.8 Å². The molecule has 0 saturated carbocycles. The minimum Gasteiger partial charge on any atom is -0.480 e. The smallest absolute Gasteiger partial charge is 0.316 e. The van der Waals surface area contributed by atoms with Crippen LogP contribution >= 0.6 is 11.8 Å². The number of carboxylic acids is 1. The van der Waals surface area contributed by atoms with Crippen molar-refractivity contribution in [3.63, 3.8) is 0 Å². The van der Waals surface area contributed by atoms with Crippen LogP contribution in [0.15, 0.2) is 23.1 Å². The van der Waals surface area contributed by atoms with Crippen LogP contribution in [-0.2, 0) is 4.79 Å². The molecule has 0 heterocycles. The van der Waals surface area contributed by atoms with E-state index in [9.17, 15) is 4.79 Å². The lowest BCUT2D eigenvalue weighted by atomic mass is 10.2. The molecule has 4 heteroatoms. The number of nitrogens with two attached hydrogens (primary N) is 1. The maximum Gasteiger partial charge on any atom is 0.316 e. The first-order valence-corrected chi connectivity index (χ1v) is 6.68. The summed E-state index contributed by atoms with van der Waals surface area (Å²) in [5.74, 6) is -0.760. The number of carboxylic acid groups (broad SMARTS) is 1. The zero-order valence-electron chi connectivity index (χ0n) is 10.3. The van der Waals surface area contributed by atoms with Crippen LogP contribution in [0, 0.1) is 6.92 Å². The molecule has 0 aliphatic rings. The summed E-state index contributed by atoms with van der Waals surface area (Å²) >= 11 is 1.35. The fourth-order valence-corrected chi connectivity index (χ4v) is 2.67. The molecule has 1 atom stereocenters. The topological polar surface area (TPSA) is 63.3 Å². The summed E-state index contributed by atoms with van der Waals surface area (Å²) in [5, 5.41) is 8.76. The Balaban J connectivity index is 2.78. The third kappa shape index (κ3) is 4.30. The minimum absolute atomic E-state index is 0.404. The van der Waals surface area contributed by atoms with Gasteiger partial charge < -0.3 is 10.8 Å². The highest BCUT2D eigenvalue weighted by atomic mass is 32.2. The Morgan fingerprint density at radius 3 is 2.82 bits per heavy atom. The van der Waals surface area contributed by atoms with Crippen LogP contribution in [-0.4, -0.2) is 16.3 Å². The Bertz CT molecular complexity index is 393. The number of nitrogen functional groups attached to an aromatic ring is 1.